The molecule has 128 valence electrons. The predicted octanol–water partition coefficient (Wildman–Crippen LogP) is 4.86. The van der Waals surface area contributed by atoms with Gasteiger partial charge in [-0.05, 0) is 57.4 Å². The summed E-state index contributed by atoms with van der Waals surface area (Å²) in [7, 11) is -0.367. The van der Waals surface area contributed by atoms with Crippen LogP contribution in [0.3, 0.4) is 0 Å². The van der Waals surface area contributed by atoms with Crippen molar-refractivity contribution >= 4 is 44.1 Å². The number of fused-ring (bicyclic) bond motifs is 3. The van der Waals surface area contributed by atoms with E-state index in [0.717, 1.165) is 16.2 Å². The van der Waals surface area contributed by atoms with Gasteiger partial charge in [0.1, 0.15) is 0 Å². The Labute approximate surface area is 153 Å². The minimum atomic E-state index is -0.367. The van der Waals surface area contributed by atoms with Crippen molar-refractivity contribution in [3.05, 3.63) is 42.0 Å². The van der Waals surface area contributed by atoms with E-state index in [0.29, 0.717) is 5.56 Å². The molecule has 4 rings (SSSR count). The average molecular weight is 351 g/mol. The first kappa shape index (κ1) is 17.9. The lowest BCUT2D eigenvalue weighted by Crippen LogP contribution is -2.41. The third kappa shape index (κ3) is 2.75. The van der Waals surface area contributed by atoms with Gasteiger partial charge < -0.3 is 9.31 Å². The molecule has 0 radical (unpaired) electrons. The Hall–Kier alpha value is -1.87. The highest BCUT2D eigenvalue weighted by Crippen LogP contribution is 2.38. The molecule has 2 aromatic carbocycles. The van der Waals surface area contributed by atoms with E-state index in [4.69, 9.17) is 14.6 Å². The third-order valence-electron chi connectivity index (χ3n) is 5.15. The van der Waals surface area contributed by atoms with Crippen LogP contribution in [0.4, 0.5) is 0 Å². The summed E-state index contributed by atoms with van der Waals surface area (Å²) < 4.78 is 14.7. The first-order valence-corrected chi connectivity index (χ1v) is 8.84. The average Bonchev–Trinajstić information content (AvgIpc) is 3.00. The molecular formula is C20H22BNO2S. The van der Waals surface area contributed by atoms with Gasteiger partial charge in [0.05, 0.1) is 22.8 Å². The number of hydrogen-bond donors (Lipinski definition) is 0. The molecule has 25 heavy (non-hydrogen) atoms. The number of hydrogen-bond acceptors (Lipinski definition) is 4. The lowest BCUT2D eigenvalue weighted by molar-refractivity contribution is 0.00578. The smallest absolute Gasteiger partial charge is 0.399 e. The van der Waals surface area contributed by atoms with Gasteiger partial charge in [-0.15, -0.1) is 11.3 Å². The zero-order valence-electron chi connectivity index (χ0n) is 14.2. The maximum Gasteiger partial charge on any atom is 0.494 e. The zero-order valence-corrected chi connectivity index (χ0v) is 15.0. The highest BCUT2D eigenvalue weighted by Gasteiger charge is 2.51. The van der Waals surface area contributed by atoms with Crippen molar-refractivity contribution in [2.75, 3.05) is 0 Å². The zero-order chi connectivity index (χ0) is 17.1. The fourth-order valence-electron chi connectivity index (χ4n) is 2.99. The van der Waals surface area contributed by atoms with Crippen molar-refractivity contribution in [1.29, 1.82) is 5.26 Å². The minimum Gasteiger partial charge on any atom is -0.399 e. The van der Waals surface area contributed by atoms with E-state index in [1.165, 1.54) is 9.40 Å². The fourth-order valence-corrected chi connectivity index (χ4v) is 4.06. The van der Waals surface area contributed by atoms with Gasteiger partial charge in [-0.25, -0.2) is 0 Å². The van der Waals surface area contributed by atoms with E-state index in [1.54, 1.807) is 11.3 Å². The van der Waals surface area contributed by atoms with Gasteiger partial charge in [-0.1, -0.05) is 19.6 Å². The van der Waals surface area contributed by atoms with Crippen LogP contribution in [0.15, 0.2) is 36.4 Å². The second-order valence-electron chi connectivity index (χ2n) is 7.27. The number of rotatable bonds is 1. The molecule has 0 amide bonds. The SMILES string of the molecule is C.CC1(C)OB(c2ccc3sc4ccc(C#N)cc4c3c2)OC1(C)C. The summed E-state index contributed by atoms with van der Waals surface area (Å²) in [5.74, 6) is 0. The standard InChI is InChI=1S/C19H18BNO2S.CH4/c1-18(2)19(3,4)23-20(22-18)13-6-8-17-15(10-13)14-9-12(11-21)5-7-16(14)24-17;/h5-10H,1-4H3;1H4. The quantitative estimate of drug-likeness (QED) is 0.588. The number of nitrogens with zero attached hydrogens (tertiary/aromatic N) is 1. The molecule has 3 aromatic rings. The molecule has 2 heterocycles. The van der Waals surface area contributed by atoms with Crippen LogP contribution in [-0.2, 0) is 9.31 Å². The Kier molecular flexibility index (Phi) is 4.19. The molecule has 1 fully saturated rings. The van der Waals surface area contributed by atoms with Crippen molar-refractivity contribution < 1.29 is 9.31 Å². The van der Waals surface area contributed by atoms with Gasteiger partial charge in [0.2, 0.25) is 0 Å². The van der Waals surface area contributed by atoms with Gasteiger partial charge in [-0.3, -0.25) is 0 Å². The molecule has 0 aliphatic carbocycles. The molecule has 3 nitrogen and oxygen atoms in total. The Morgan fingerprint density at radius 2 is 1.48 bits per heavy atom. The summed E-state index contributed by atoms with van der Waals surface area (Å²) in [4.78, 5) is 0. The molecule has 1 aliphatic rings. The molecule has 0 spiro atoms. The molecule has 1 saturated heterocycles. The molecule has 0 unspecified atom stereocenters. The molecule has 0 atom stereocenters. The molecule has 5 heteroatoms. The van der Waals surface area contributed by atoms with Crippen molar-refractivity contribution in [1.82, 2.24) is 0 Å². The Morgan fingerprint density at radius 3 is 2.08 bits per heavy atom. The summed E-state index contributed by atoms with van der Waals surface area (Å²) in [6.45, 7) is 8.24. The topological polar surface area (TPSA) is 42.2 Å². The number of nitriles is 1. The first-order valence-electron chi connectivity index (χ1n) is 8.03. The van der Waals surface area contributed by atoms with Crippen LogP contribution in [0, 0.1) is 11.3 Å². The first-order chi connectivity index (χ1) is 11.3. The molecule has 0 bridgehead atoms. The molecule has 1 aliphatic heterocycles. The van der Waals surface area contributed by atoms with Crippen LogP contribution >= 0.6 is 11.3 Å². The van der Waals surface area contributed by atoms with E-state index < -0.39 is 0 Å². The minimum absolute atomic E-state index is 0. The van der Waals surface area contributed by atoms with Crippen LogP contribution in [0.5, 0.6) is 0 Å². The molecule has 1 aromatic heterocycles. The number of benzene rings is 2. The van der Waals surface area contributed by atoms with E-state index in [-0.39, 0.29) is 25.7 Å². The third-order valence-corrected chi connectivity index (χ3v) is 6.30. The second kappa shape index (κ2) is 5.84. The Balaban J connectivity index is 0.00000182. The van der Waals surface area contributed by atoms with E-state index in [2.05, 4.69) is 52.0 Å². The maximum atomic E-state index is 9.16. The van der Waals surface area contributed by atoms with Crippen LogP contribution < -0.4 is 5.46 Å². The van der Waals surface area contributed by atoms with Crippen molar-refractivity contribution in [3.8, 4) is 6.07 Å². The molecule has 0 saturated carbocycles. The van der Waals surface area contributed by atoms with E-state index in [1.807, 2.05) is 18.2 Å². The number of thiophene rings is 1. The van der Waals surface area contributed by atoms with Gasteiger partial charge in [-0.2, -0.15) is 5.26 Å². The summed E-state index contributed by atoms with van der Waals surface area (Å²) in [5.41, 5.74) is 1.00. The Morgan fingerprint density at radius 1 is 0.920 bits per heavy atom. The summed E-state index contributed by atoms with van der Waals surface area (Å²) in [6, 6.07) is 14.4. The highest BCUT2D eigenvalue weighted by molar-refractivity contribution is 7.25. The van der Waals surface area contributed by atoms with E-state index >= 15 is 0 Å². The van der Waals surface area contributed by atoms with Crippen molar-refractivity contribution in [2.45, 2.75) is 46.3 Å². The van der Waals surface area contributed by atoms with Gasteiger partial charge in [0.15, 0.2) is 0 Å². The summed E-state index contributed by atoms with van der Waals surface area (Å²) in [5, 5.41) is 11.4. The van der Waals surface area contributed by atoms with Crippen LogP contribution in [0.25, 0.3) is 20.2 Å². The lowest BCUT2D eigenvalue weighted by atomic mass is 9.78. The second-order valence-corrected chi connectivity index (χ2v) is 8.35. The van der Waals surface area contributed by atoms with Crippen LogP contribution in [0.1, 0.15) is 40.7 Å². The van der Waals surface area contributed by atoms with Gasteiger partial charge in [0, 0.05) is 20.2 Å². The maximum absolute atomic E-state index is 9.16. The van der Waals surface area contributed by atoms with Gasteiger partial charge in [0.25, 0.3) is 0 Å². The highest BCUT2D eigenvalue weighted by atomic mass is 32.1. The summed E-state index contributed by atoms with van der Waals surface area (Å²) >= 11 is 1.74. The van der Waals surface area contributed by atoms with Crippen LogP contribution in [0.2, 0.25) is 0 Å². The van der Waals surface area contributed by atoms with Gasteiger partial charge >= 0.3 is 7.12 Å². The van der Waals surface area contributed by atoms with E-state index in [9.17, 15) is 0 Å². The van der Waals surface area contributed by atoms with Crippen LogP contribution in [-0.4, -0.2) is 18.3 Å². The molecule has 0 N–H and O–H groups in total. The normalized spacial score (nSPS) is 18.3. The largest absolute Gasteiger partial charge is 0.494 e. The van der Waals surface area contributed by atoms with Crippen molar-refractivity contribution in [3.63, 3.8) is 0 Å². The lowest BCUT2D eigenvalue weighted by Gasteiger charge is -2.32. The predicted molar refractivity (Wildman–Crippen MR) is 106 cm³/mol. The fraction of sp³-hybridized carbons (Fsp3) is 0.350. The molecular weight excluding hydrogens is 329 g/mol. The van der Waals surface area contributed by atoms with Crippen molar-refractivity contribution in [2.24, 2.45) is 0 Å². The monoisotopic (exact) mass is 351 g/mol. The summed E-state index contributed by atoms with van der Waals surface area (Å²) in [6.07, 6.45) is 0. The Bertz CT molecular complexity index is 984.